The molecule has 0 spiro atoms. The molecule has 34 heavy (non-hydrogen) atoms. The van der Waals surface area contributed by atoms with Crippen LogP contribution in [0.15, 0.2) is 54.0 Å². The Labute approximate surface area is 202 Å². The third-order valence-corrected chi connectivity index (χ3v) is 6.22. The topological polar surface area (TPSA) is 93.6 Å². The minimum Gasteiger partial charge on any atom is -0.496 e. The summed E-state index contributed by atoms with van der Waals surface area (Å²) < 4.78 is 12.6. The molecule has 0 saturated carbocycles. The zero-order chi connectivity index (χ0) is 23.9. The first-order valence-corrected chi connectivity index (χ1v) is 12.0. The van der Waals surface area contributed by atoms with E-state index in [1.165, 1.54) is 10.1 Å². The van der Waals surface area contributed by atoms with Crippen molar-refractivity contribution in [3.63, 3.8) is 0 Å². The van der Waals surface area contributed by atoms with Gasteiger partial charge in [0.2, 0.25) is 0 Å². The van der Waals surface area contributed by atoms with Crippen LogP contribution in [0.3, 0.4) is 0 Å². The first-order valence-electron chi connectivity index (χ1n) is 11.2. The van der Waals surface area contributed by atoms with Crippen molar-refractivity contribution in [2.45, 2.75) is 26.2 Å². The van der Waals surface area contributed by atoms with Gasteiger partial charge in [0.25, 0.3) is 0 Å². The molecule has 2 N–H and O–H groups in total. The number of nitrogens with one attached hydrogen (secondary N) is 1. The number of benzene rings is 2. The summed E-state index contributed by atoms with van der Waals surface area (Å²) in [6.07, 6.45) is 3.23. The van der Waals surface area contributed by atoms with Crippen molar-refractivity contribution < 1.29 is 19.4 Å². The lowest BCUT2D eigenvalue weighted by atomic mass is 10.1. The van der Waals surface area contributed by atoms with Gasteiger partial charge < -0.3 is 19.9 Å². The second-order valence-corrected chi connectivity index (χ2v) is 8.75. The first kappa shape index (κ1) is 23.5. The second-order valence-electron chi connectivity index (χ2n) is 7.81. The molecule has 4 rings (SSSR count). The summed E-state index contributed by atoms with van der Waals surface area (Å²) in [5.74, 6) is 1.81. The van der Waals surface area contributed by atoms with Crippen molar-refractivity contribution in [3.8, 4) is 22.9 Å². The van der Waals surface area contributed by atoms with Crippen LogP contribution in [0.4, 0.5) is 5.82 Å². The number of carboxylic acid groups (broad SMARTS) is 1. The van der Waals surface area contributed by atoms with Crippen molar-refractivity contribution in [1.29, 1.82) is 0 Å². The van der Waals surface area contributed by atoms with Gasteiger partial charge in [-0.3, -0.25) is 4.79 Å². The number of fused-ring (bicyclic) bond motifs is 1. The molecule has 0 saturated heterocycles. The van der Waals surface area contributed by atoms with Gasteiger partial charge in [-0.1, -0.05) is 19.1 Å². The number of aliphatic carboxylic acids is 1. The standard InChI is InChI=1S/C26H27N3O4S/c1-3-11-33-22-14-20(5-4-17(22)15-25(30)31)26-28-10-7-24(29-26)27-9-6-18-13-19-8-12-34-23(19)16-21(18)32-2/h4-5,7-8,10,12-14,16H,3,6,9,11,15H2,1-2H3,(H,30,31)(H,27,28,29). The van der Waals surface area contributed by atoms with E-state index in [4.69, 9.17) is 9.47 Å². The molecule has 0 amide bonds. The van der Waals surface area contributed by atoms with E-state index in [1.54, 1.807) is 30.7 Å². The van der Waals surface area contributed by atoms with Crippen LogP contribution in [0.1, 0.15) is 24.5 Å². The molecule has 0 unspecified atom stereocenters. The molecule has 2 heterocycles. The van der Waals surface area contributed by atoms with Gasteiger partial charge in [0.05, 0.1) is 20.1 Å². The van der Waals surface area contributed by atoms with E-state index in [9.17, 15) is 9.90 Å². The fraction of sp³-hybridized carbons (Fsp3) is 0.269. The van der Waals surface area contributed by atoms with Crippen LogP contribution >= 0.6 is 11.3 Å². The predicted molar refractivity (Wildman–Crippen MR) is 135 cm³/mol. The van der Waals surface area contributed by atoms with E-state index >= 15 is 0 Å². The molecule has 0 atom stereocenters. The number of aromatic nitrogens is 2. The SMILES string of the molecule is CCCOc1cc(-c2nccc(NCCc3cc4ccsc4cc3OC)n2)ccc1CC(=O)O. The highest BCUT2D eigenvalue weighted by Gasteiger charge is 2.12. The van der Waals surface area contributed by atoms with Crippen molar-refractivity contribution in [2.24, 2.45) is 0 Å². The molecule has 0 radical (unpaired) electrons. The second kappa shape index (κ2) is 11.0. The summed E-state index contributed by atoms with van der Waals surface area (Å²) >= 11 is 1.70. The number of thiophene rings is 1. The van der Waals surface area contributed by atoms with E-state index < -0.39 is 5.97 Å². The molecule has 0 aliphatic carbocycles. The van der Waals surface area contributed by atoms with E-state index in [-0.39, 0.29) is 6.42 Å². The van der Waals surface area contributed by atoms with Gasteiger partial charge in [0.1, 0.15) is 17.3 Å². The number of hydrogen-bond acceptors (Lipinski definition) is 7. The Balaban J connectivity index is 1.48. The Morgan fingerprint density at radius 3 is 2.79 bits per heavy atom. The maximum absolute atomic E-state index is 11.2. The summed E-state index contributed by atoms with van der Waals surface area (Å²) in [6, 6.07) is 13.6. The predicted octanol–water partition coefficient (Wildman–Crippen LogP) is 5.44. The first-order chi connectivity index (χ1) is 16.6. The average molecular weight is 478 g/mol. The van der Waals surface area contributed by atoms with Gasteiger partial charge in [-0.2, -0.15) is 0 Å². The number of anilines is 1. The fourth-order valence-electron chi connectivity index (χ4n) is 3.69. The maximum Gasteiger partial charge on any atom is 0.307 e. The van der Waals surface area contributed by atoms with Crippen LogP contribution in [0, 0.1) is 0 Å². The Hall–Kier alpha value is -3.65. The number of hydrogen-bond donors (Lipinski definition) is 2. The molecule has 0 fully saturated rings. The summed E-state index contributed by atoms with van der Waals surface area (Å²) in [6.45, 7) is 3.21. The van der Waals surface area contributed by atoms with Crippen LogP contribution in [0.2, 0.25) is 0 Å². The summed E-state index contributed by atoms with van der Waals surface area (Å²) in [5.41, 5.74) is 2.55. The van der Waals surface area contributed by atoms with E-state index in [0.717, 1.165) is 29.7 Å². The molecule has 0 bridgehead atoms. The van der Waals surface area contributed by atoms with Crippen LogP contribution in [-0.4, -0.2) is 41.3 Å². The Morgan fingerprint density at radius 2 is 2.00 bits per heavy atom. The number of ether oxygens (including phenoxy) is 2. The minimum atomic E-state index is -0.897. The Morgan fingerprint density at radius 1 is 1.12 bits per heavy atom. The van der Waals surface area contributed by atoms with Gasteiger partial charge in [-0.05, 0) is 59.5 Å². The molecule has 4 aromatic rings. The largest absolute Gasteiger partial charge is 0.496 e. The zero-order valence-electron chi connectivity index (χ0n) is 19.2. The molecule has 2 aromatic carbocycles. The maximum atomic E-state index is 11.2. The number of nitrogens with zero attached hydrogens (tertiary/aromatic N) is 2. The molecule has 8 heteroatoms. The highest BCUT2D eigenvalue weighted by atomic mass is 32.1. The van der Waals surface area contributed by atoms with Crippen LogP contribution in [0.25, 0.3) is 21.5 Å². The lowest BCUT2D eigenvalue weighted by Gasteiger charge is -2.13. The summed E-state index contributed by atoms with van der Waals surface area (Å²) in [5, 5.41) is 15.9. The Kier molecular flexibility index (Phi) is 7.59. The van der Waals surface area contributed by atoms with Gasteiger partial charge in [0, 0.05) is 28.6 Å². The molecular weight excluding hydrogens is 450 g/mol. The summed E-state index contributed by atoms with van der Waals surface area (Å²) in [4.78, 5) is 20.2. The quantitative estimate of drug-likeness (QED) is 0.297. The highest BCUT2D eigenvalue weighted by molar-refractivity contribution is 7.17. The normalized spacial score (nSPS) is 10.9. The number of carbonyl (C=O) groups is 1. The third-order valence-electron chi connectivity index (χ3n) is 5.34. The number of methoxy groups -OCH3 is 1. The molecule has 0 aliphatic heterocycles. The van der Waals surface area contributed by atoms with Crippen molar-refractivity contribution in [3.05, 3.63) is 65.2 Å². The fourth-order valence-corrected chi connectivity index (χ4v) is 4.49. The summed E-state index contributed by atoms with van der Waals surface area (Å²) in [7, 11) is 1.70. The van der Waals surface area contributed by atoms with E-state index in [1.807, 2.05) is 25.1 Å². The average Bonchev–Trinajstić information content (AvgIpc) is 3.30. The zero-order valence-corrected chi connectivity index (χ0v) is 20.0. The van der Waals surface area contributed by atoms with Crippen LogP contribution < -0.4 is 14.8 Å². The Bertz CT molecular complexity index is 1290. The third kappa shape index (κ3) is 5.63. The molecular formula is C26H27N3O4S. The number of carboxylic acids is 1. The molecule has 7 nitrogen and oxygen atoms in total. The van der Waals surface area contributed by atoms with Crippen molar-refractivity contribution >= 4 is 33.2 Å². The van der Waals surface area contributed by atoms with E-state index in [0.29, 0.717) is 36.1 Å². The highest BCUT2D eigenvalue weighted by Crippen LogP contribution is 2.30. The molecule has 2 aromatic heterocycles. The lowest BCUT2D eigenvalue weighted by Crippen LogP contribution is -2.08. The molecule has 0 aliphatic rings. The van der Waals surface area contributed by atoms with Gasteiger partial charge in [-0.15, -0.1) is 11.3 Å². The van der Waals surface area contributed by atoms with E-state index in [2.05, 4.69) is 38.9 Å². The molecule has 176 valence electrons. The van der Waals surface area contributed by atoms with Gasteiger partial charge >= 0.3 is 5.97 Å². The van der Waals surface area contributed by atoms with Crippen molar-refractivity contribution in [2.75, 3.05) is 25.6 Å². The van der Waals surface area contributed by atoms with Crippen LogP contribution in [-0.2, 0) is 17.6 Å². The monoisotopic (exact) mass is 477 g/mol. The lowest BCUT2D eigenvalue weighted by molar-refractivity contribution is -0.136. The van der Waals surface area contributed by atoms with Gasteiger partial charge in [0.15, 0.2) is 5.82 Å². The van der Waals surface area contributed by atoms with Crippen molar-refractivity contribution in [1.82, 2.24) is 9.97 Å². The minimum absolute atomic E-state index is 0.0948. The van der Waals surface area contributed by atoms with Gasteiger partial charge in [-0.25, -0.2) is 9.97 Å². The number of rotatable bonds is 11. The smallest absolute Gasteiger partial charge is 0.307 e. The van der Waals surface area contributed by atoms with Crippen LogP contribution in [0.5, 0.6) is 11.5 Å².